The molecule has 0 saturated carbocycles. The van der Waals surface area contributed by atoms with Gasteiger partial charge in [-0.2, -0.15) is 5.10 Å². The highest BCUT2D eigenvalue weighted by molar-refractivity contribution is 6.04. The molecule has 2 heterocycles. The van der Waals surface area contributed by atoms with Gasteiger partial charge in [-0.15, -0.1) is 0 Å². The molecule has 0 bridgehead atoms. The van der Waals surface area contributed by atoms with Gasteiger partial charge >= 0.3 is 0 Å². The number of benzene rings is 2. The van der Waals surface area contributed by atoms with E-state index in [1.54, 1.807) is 29.2 Å². The third-order valence-corrected chi connectivity index (χ3v) is 4.02. The van der Waals surface area contributed by atoms with Gasteiger partial charge < -0.3 is 5.32 Å². The van der Waals surface area contributed by atoms with Gasteiger partial charge in [0.15, 0.2) is 0 Å². The van der Waals surface area contributed by atoms with Gasteiger partial charge in [-0.3, -0.25) is 4.79 Å². The van der Waals surface area contributed by atoms with Crippen LogP contribution in [-0.2, 0) is 0 Å². The van der Waals surface area contributed by atoms with Crippen LogP contribution in [0.4, 0.5) is 5.69 Å². The second-order valence-corrected chi connectivity index (χ2v) is 6.00. The van der Waals surface area contributed by atoms with Gasteiger partial charge in [0.2, 0.25) is 0 Å². The first-order valence-electron chi connectivity index (χ1n) is 8.72. The Balaban J connectivity index is 1.47. The number of hydrogen-bond acceptors (Lipinski definition) is 3. The third-order valence-electron chi connectivity index (χ3n) is 4.02. The number of carbonyl (C=O) groups is 1. The fraction of sp³-hybridized carbons (Fsp3) is 0. The van der Waals surface area contributed by atoms with Crippen molar-refractivity contribution in [2.75, 3.05) is 5.32 Å². The molecule has 0 aliphatic rings. The van der Waals surface area contributed by atoms with Gasteiger partial charge in [0.1, 0.15) is 5.69 Å². The molecule has 0 aliphatic carbocycles. The molecule has 28 heavy (non-hydrogen) atoms. The predicted molar refractivity (Wildman–Crippen MR) is 108 cm³/mol. The van der Waals surface area contributed by atoms with Gasteiger partial charge in [-0.25, -0.2) is 9.67 Å². The lowest BCUT2D eigenvalue weighted by molar-refractivity contribution is 0.102. The Morgan fingerprint density at radius 3 is 2.54 bits per heavy atom. The molecule has 0 aliphatic heterocycles. The first kappa shape index (κ1) is 17.3. The van der Waals surface area contributed by atoms with Gasteiger partial charge in [-0.05, 0) is 66.6 Å². The van der Waals surface area contributed by atoms with Gasteiger partial charge in [0.05, 0.1) is 5.69 Å². The van der Waals surface area contributed by atoms with E-state index in [1.165, 1.54) is 0 Å². The van der Waals surface area contributed by atoms with E-state index in [9.17, 15) is 4.79 Å². The molecule has 2 aromatic heterocycles. The zero-order valence-electron chi connectivity index (χ0n) is 14.9. The summed E-state index contributed by atoms with van der Waals surface area (Å²) in [4.78, 5) is 16.7. The van der Waals surface area contributed by atoms with E-state index in [0.29, 0.717) is 16.9 Å². The summed E-state index contributed by atoms with van der Waals surface area (Å²) >= 11 is 0. The monoisotopic (exact) mass is 364 g/mol. The van der Waals surface area contributed by atoms with Crippen LogP contribution in [0.15, 0.2) is 91.4 Å². The summed E-state index contributed by atoms with van der Waals surface area (Å²) in [6.07, 6.45) is 5.27. The van der Waals surface area contributed by atoms with Crippen LogP contribution in [0.5, 0.6) is 0 Å². The van der Waals surface area contributed by atoms with Crippen LogP contribution in [0.3, 0.4) is 0 Å². The largest absolute Gasteiger partial charge is 0.322 e. The predicted octanol–water partition coefficient (Wildman–Crippen LogP) is 3.92. The Hall–Kier alpha value is -4.17. The molecule has 0 spiro atoms. The van der Waals surface area contributed by atoms with Crippen LogP contribution in [-0.4, -0.2) is 20.7 Å². The Labute approximate surface area is 162 Å². The minimum Gasteiger partial charge on any atom is -0.322 e. The van der Waals surface area contributed by atoms with Crippen molar-refractivity contribution in [3.8, 4) is 17.5 Å². The normalized spacial score (nSPS) is 10.0. The number of nitrogens with zero attached hydrogens (tertiary/aromatic N) is 3. The summed E-state index contributed by atoms with van der Waals surface area (Å²) in [6.45, 7) is 0. The molecule has 0 unspecified atom stereocenters. The highest BCUT2D eigenvalue weighted by Gasteiger charge is 2.07. The fourth-order valence-corrected chi connectivity index (χ4v) is 2.64. The van der Waals surface area contributed by atoms with Crippen LogP contribution in [0.1, 0.15) is 21.6 Å². The van der Waals surface area contributed by atoms with E-state index in [4.69, 9.17) is 0 Å². The van der Waals surface area contributed by atoms with Crippen LogP contribution in [0.25, 0.3) is 5.69 Å². The second kappa shape index (κ2) is 8.02. The Bertz CT molecular complexity index is 1140. The smallest absolute Gasteiger partial charge is 0.255 e. The summed E-state index contributed by atoms with van der Waals surface area (Å²) < 4.78 is 1.74. The summed E-state index contributed by atoms with van der Waals surface area (Å²) in [6, 6.07) is 22.1. The van der Waals surface area contributed by atoms with E-state index in [1.807, 2.05) is 66.9 Å². The SMILES string of the molecule is O=C(Nc1cccc(C#Cc2ccccn2)c1)c1ccc(-n2cccn2)cc1. The van der Waals surface area contributed by atoms with E-state index in [0.717, 1.165) is 11.3 Å². The summed E-state index contributed by atoms with van der Waals surface area (Å²) in [7, 11) is 0. The Morgan fingerprint density at radius 1 is 0.893 bits per heavy atom. The quantitative estimate of drug-likeness (QED) is 0.561. The fourth-order valence-electron chi connectivity index (χ4n) is 2.64. The van der Waals surface area contributed by atoms with Crippen LogP contribution < -0.4 is 5.32 Å². The zero-order valence-corrected chi connectivity index (χ0v) is 14.9. The number of amides is 1. The van der Waals surface area contributed by atoms with E-state index >= 15 is 0 Å². The maximum absolute atomic E-state index is 12.5. The standard InChI is InChI=1S/C23H16N4O/c28-23(19-9-12-22(13-10-19)27-16-4-15-25-27)26-21-7-3-5-18(17-21)8-11-20-6-1-2-14-24-20/h1-7,9-10,12-17H,(H,26,28). The van der Waals surface area contributed by atoms with Crippen LogP contribution in [0.2, 0.25) is 0 Å². The van der Waals surface area contributed by atoms with Crippen molar-refractivity contribution < 1.29 is 4.79 Å². The van der Waals surface area contributed by atoms with Crippen molar-refractivity contribution >= 4 is 11.6 Å². The van der Waals surface area contributed by atoms with Gasteiger partial charge in [0, 0.05) is 35.4 Å². The van der Waals surface area contributed by atoms with Crippen molar-refractivity contribution in [1.82, 2.24) is 14.8 Å². The van der Waals surface area contributed by atoms with Crippen LogP contribution in [0, 0.1) is 11.8 Å². The number of aromatic nitrogens is 3. The van der Waals surface area contributed by atoms with Crippen molar-refractivity contribution in [3.63, 3.8) is 0 Å². The number of carbonyl (C=O) groups excluding carboxylic acids is 1. The summed E-state index contributed by atoms with van der Waals surface area (Å²) in [5.41, 5.74) is 3.66. The average Bonchev–Trinajstić information content (AvgIpc) is 3.28. The minimum atomic E-state index is -0.179. The molecule has 4 aromatic rings. The molecule has 2 aromatic carbocycles. The number of hydrogen-bond donors (Lipinski definition) is 1. The molecule has 5 heteroatoms. The van der Waals surface area contributed by atoms with Crippen molar-refractivity contribution in [1.29, 1.82) is 0 Å². The Morgan fingerprint density at radius 2 is 1.79 bits per heavy atom. The highest BCUT2D eigenvalue weighted by atomic mass is 16.1. The highest BCUT2D eigenvalue weighted by Crippen LogP contribution is 2.14. The summed E-state index contributed by atoms with van der Waals surface area (Å²) in [5.74, 6) is 5.90. The van der Waals surface area contributed by atoms with E-state index in [-0.39, 0.29) is 5.91 Å². The maximum Gasteiger partial charge on any atom is 0.255 e. The van der Waals surface area contributed by atoms with Crippen molar-refractivity contribution in [3.05, 3.63) is 108 Å². The number of anilines is 1. The van der Waals surface area contributed by atoms with Crippen LogP contribution >= 0.6 is 0 Å². The molecule has 0 fully saturated rings. The molecule has 5 nitrogen and oxygen atoms in total. The van der Waals surface area contributed by atoms with Crippen molar-refractivity contribution in [2.45, 2.75) is 0 Å². The lowest BCUT2D eigenvalue weighted by Crippen LogP contribution is -2.12. The molecule has 1 N–H and O–H groups in total. The molecule has 4 rings (SSSR count). The Kier molecular flexibility index (Phi) is 4.94. The molecule has 134 valence electrons. The van der Waals surface area contributed by atoms with E-state index in [2.05, 4.69) is 27.2 Å². The second-order valence-electron chi connectivity index (χ2n) is 6.00. The average molecular weight is 364 g/mol. The molecular weight excluding hydrogens is 348 g/mol. The summed E-state index contributed by atoms with van der Waals surface area (Å²) in [5, 5.41) is 7.08. The zero-order chi connectivity index (χ0) is 19.2. The lowest BCUT2D eigenvalue weighted by Gasteiger charge is -2.07. The first-order valence-corrected chi connectivity index (χ1v) is 8.72. The molecule has 0 atom stereocenters. The maximum atomic E-state index is 12.5. The number of rotatable bonds is 3. The lowest BCUT2D eigenvalue weighted by atomic mass is 10.1. The van der Waals surface area contributed by atoms with Gasteiger partial charge in [0.25, 0.3) is 5.91 Å². The van der Waals surface area contributed by atoms with Gasteiger partial charge in [-0.1, -0.05) is 18.1 Å². The third kappa shape index (κ3) is 4.14. The van der Waals surface area contributed by atoms with Crippen molar-refractivity contribution in [2.24, 2.45) is 0 Å². The number of pyridine rings is 1. The molecule has 1 amide bonds. The number of nitrogens with one attached hydrogen (secondary N) is 1. The molecular formula is C23H16N4O. The minimum absolute atomic E-state index is 0.179. The molecule has 0 radical (unpaired) electrons. The van der Waals surface area contributed by atoms with E-state index < -0.39 is 0 Å². The first-order chi connectivity index (χ1) is 13.8. The molecule has 0 saturated heterocycles. The topological polar surface area (TPSA) is 59.8 Å².